The Morgan fingerprint density at radius 1 is 1.11 bits per heavy atom. The molecule has 1 fully saturated rings. The van der Waals surface area contributed by atoms with Crippen LogP contribution in [0.1, 0.15) is 25.0 Å². The third kappa shape index (κ3) is 5.70. The molecule has 1 aromatic carbocycles. The van der Waals surface area contributed by atoms with E-state index in [2.05, 4.69) is 69.3 Å². The molecule has 0 spiro atoms. The monoisotopic (exact) mass is 381 g/mol. The van der Waals surface area contributed by atoms with E-state index in [1.807, 2.05) is 25.4 Å². The van der Waals surface area contributed by atoms with Gasteiger partial charge in [-0.05, 0) is 37.1 Å². The number of nitrogens with zero attached hydrogens (tertiary/aromatic N) is 4. The van der Waals surface area contributed by atoms with Gasteiger partial charge in [0.25, 0.3) is 0 Å². The van der Waals surface area contributed by atoms with E-state index in [1.165, 1.54) is 11.1 Å². The predicted octanol–water partition coefficient (Wildman–Crippen LogP) is 2.90. The molecule has 0 unspecified atom stereocenters. The first-order valence-electron chi connectivity index (χ1n) is 9.96. The fourth-order valence-electron chi connectivity index (χ4n) is 3.29. The number of hydrogen-bond acceptors (Lipinski definition) is 4. The minimum absolute atomic E-state index is 0.241. The Bertz CT molecular complexity index is 755. The highest BCUT2D eigenvalue weighted by Crippen LogP contribution is 2.13. The minimum atomic E-state index is 0.241. The van der Waals surface area contributed by atoms with Crippen molar-refractivity contribution >= 4 is 11.8 Å². The maximum atomic E-state index is 5.71. The third-order valence-corrected chi connectivity index (χ3v) is 4.79. The molecule has 0 atom stereocenters. The van der Waals surface area contributed by atoms with Gasteiger partial charge in [-0.3, -0.25) is 4.99 Å². The highest BCUT2D eigenvalue weighted by atomic mass is 16.5. The van der Waals surface area contributed by atoms with Crippen LogP contribution in [-0.2, 0) is 17.9 Å². The number of ether oxygens (including phenoxy) is 1. The highest BCUT2D eigenvalue weighted by molar-refractivity contribution is 5.80. The van der Waals surface area contributed by atoms with E-state index in [0.717, 1.165) is 44.5 Å². The van der Waals surface area contributed by atoms with Crippen LogP contribution in [-0.4, -0.2) is 55.2 Å². The van der Waals surface area contributed by atoms with Crippen LogP contribution in [0.25, 0.3) is 0 Å². The molecular weight excluding hydrogens is 350 g/mol. The first kappa shape index (κ1) is 20.1. The fourth-order valence-corrected chi connectivity index (χ4v) is 3.29. The van der Waals surface area contributed by atoms with Crippen LogP contribution >= 0.6 is 0 Å². The number of aromatic nitrogens is 1. The molecule has 0 bridgehead atoms. The van der Waals surface area contributed by atoms with Crippen LogP contribution in [0.15, 0.2) is 53.7 Å². The Kier molecular flexibility index (Phi) is 7.25. The first-order valence-corrected chi connectivity index (χ1v) is 9.96. The standard InChI is InChI=1S/C22H31N5O/c1-18(2)28-17-20-8-6-7-19(15-20)16-25-22(23-3)27-13-11-26(12-14-27)21-9-4-5-10-24-21/h4-10,15,18H,11-14,16-17H2,1-3H3,(H,23,25). The van der Waals surface area contributed by atoms with Crippen molar-refractivity contribution in [2.75, 3.05) is 38.1 Å². The molecule has 0 radical (unpaired) electrons. The summed E-state index contributed by atoms with van der Waals surface area (Å²) in [6.45, 7) is 9.26. The molecule has 1 N–H and O–H groups in total. The molecule has 6 heteroatoms. The zero-order valence-corrected chi connectivity index (χ0v) is 17.1. The molecule has 1 saturated heterocycles. The predicted molar refractivity (Wildman–Crippen MR) is 115 cm³/mol. The van der Waals surface area contributed by atoms with Gasteiger partial charge in [-0.15, -0.1) is 0 Å². The SMILES string of the molecule is CN=C(NCc1cccc(COC(C)C)c1)N1CCN(c2ccccn2)CC1. The van der Waals surface area contributed by atoms with E-state index in [1.54, 1.807) is 0 Å². The normalized spacial score (nSPS) is 15.2. The third-order valence-electron chi connectivity index (χ3n) is 4.79. The molecule has 0 aliphatic carbocycles. The maximum Gasteiger partial charge on any atom is 0.194 e. The van der Waals surface area contributed by atoms with E-state index in [-0.39, 0.29) is 6.10 Å². The Morgan fingerprint density at radius 2 is 1.89 bits per heavy atom. The zero-order valence-electron chi connectivity index (χ0n) is 17.1. The van der Waals surface area contributed by atoms with Crippen molar-refractivity contribution in [2.45, 2.75) is 33.1 Å². The van der Waals surface area contributed by atoms with E-state index in [4.69, 9.17) is 4.74 Å². The first-order chi connectivity index (χ1) is 13.7. The lowest BCUT2D eigenvalue weighted by atomic mass is 10.1. The summed E-state index contributed by atoms with van der Waals surface area (Å²) in [6, 6.07) is 14.6. The van der Waals surface area contributed by atoms with Gasteiger partial charge in [-0.2, -0.15) is 0 Å². The van der Waals surface area contributed by atoms with Gasteiger partial charge in [0.1, 0.15) is 5.82 Å². The fraction of sp³-hybridized carbons (Fsp3) is 0.455. The van der Waals surface area contributed by atoms with Crippen molar-refractivity contribution in [1.82, 2.24) is 15.2 Å². The van der Waals surface area contributed by atoms with Crippen molar-refractivity contribution in [3.63, 3.8) is 0 Å². The second-order valence-electron chi connectivity index (χ2n) is 7.24. The maximum absolute atomic E-state index is 5.71. The summed E-state index contributed by atoms with van der Waals surface area (Å²) < 4.78 is 5.71. The topological polar surface area (TPSA) is 53.0 Å². The minimum Gasteiger partial charge on any atom is -0.374 e. The van der Waals surface area contributed by atoms with Gasteiger partial charge in [0.15, 0.2) is 5.96 Å². The number of aliphatic imine (C=N–C) groups is 1. The average molecular weight is 382 g/mol. The Hall–Kier alpha value is -2.60. The molecule has 1 aromatic heterocycles. The second-order valence-corrected chi connectivity index (χ2v) is 7.24. The summed E-state index contributed by atoms with van der Waals surface area (Å²) in [5.74, 6) is 2.00. The summed E-state index contributed by atoms with van der Waals surface area (Å²) >= 11 is 0. The summed E-state index contributed by atoms with van der Waals surface area (Å²) in [4.78, 5) is 13.6. The number of hydrogen-bond donors (Lipinski definition) is 1. The molecule has 0 amide bonds. The van der Waals surface area contributed by atoms with Crippen LogP contribution in [0.4, 0.5) is 5.82 Å². The van der Waals surface area contributed by atoms with E-state index in [9.17, 15) is 0 Å². The highest BCUT2D eigenvalue weighted by Gasteiger charge is 2.20. The molecule has 2 aromatic rings. The molecule has 6 nitrogen and oxygen atoms in total. The van der Waals surface area contributed by atoms with Gasteiger partial charge >= 0.3 is 0 Å². The van der Waals surface area contributed by atoms with Gasteiger partial charge in [0.05, 0.1) is 12.7 Å². The quantitative estimate of drug-likeness (QED) is 0.616. The van der Waals surface area contributed by atoms with Crippen molar-refractivity contribution < 1.29 is 4.74 Å². The van der Waals surface area contributed by atoms with Gasteiger partial charge in [0, 0.05) is 46.0 Å². The van der Waals surface area contributed by atoms with Crippen LogP contribution in [0.3, 0.4) is 0 Å². The van der Waals surface area contributed by atoms with E-state index in [0.29, 0.717) is 6.61 Å². The van der Waals surface area contributed by atoms with Crippen LogP contribution in [0, 0.1) is 0 Å². The molecule has 0 saturated carbocycles. The Balaban J connectivity index is 1.51. The van der Waals surface area contributed by atoms with E-state index < -0.39 is 0 Å². The number of pyridine rings is 1. The number of guanidine groups is 1. The van der Waals surface area contributed by atoms with Crippen LogP contribution < -0.4 is 10.2 Å². The largest absolute Gasteiger partial charge is 0.374 e. The van der Waals surface area contributed by atoms with Crippen molar-refractivity contribution in [1.29, 1.82) is 0 Å². The Labute approximate surface area is 168 Å². The zero-order chi connectivity index (χ0) is 19.8. The lowest BCUT2D eigenvalue weighted by molar-refractivity contribution is 0.0657. The van der Waals surface area contributed by atoms with Gasteiger partial charge < -0.3 is 19.9 Å². The molecule has 28 heavy (non-hydrogen) atoms. The lowest BCUT2D eigenvalue weighted by Crippen LogP contribution is -2.52. The second kappa shape index (κ2) is 10.1. The molecule has 2 heterocycles. The van der Waals surface area contributed by atoms with Crippen LogP contribution in [0.2, 0.25) is 0 Å². The number of piperazine rings is 1. The van der Waals surface area contributed by atoms with Gasteiger partial charge in [0.2, 0.25) is 0 Å². The smallest absolute Gasteiger partial charge is 0.194 e. The molecule has 3 rings (SSSR count). The van der Waals surface area contributed by atoms with Crippen molar-refractivity contribution in [2.24, 2.45) is 4.99 Å². The molecular formula is C22H31N5O. The van der Waals surface area contributed by atoms with Crippen molar-refractivity contribution in [3.8, 4) is 0 Å². The van der Waals surface area contributed by atoms with Gasteiger partial charge in [-0.1, -0.05) is 30.3 Å². The summed E-state index contributed by atoms with van der Waals surface area (Å²) in [5.41, 5.74) is 2.44. The number of benzene rings is 1. The number of nitrogens with one attached hydrogen (secondary N) is 1. The summed E-state index contributed by atoms with van der Waals surface area (Å²) in [6.07, 6.45) is 2.09. The average Bonchev–Trinajstić information content (AvgIpc) is 2.74. The van der Waals surface area contributed by atoms with Crippen molar-refractivity contribution in [3.05, 3.63) is 59.8 Å². The summed E-state index contributed by atoms with van der Waals surface area (Å²) in [5, 5.41) is 3.50. The Morgan fingerprint density at radius 3 is 2.57 bits per heavy atom. The number of anilines is 1. The molecule has 1 aliphatic rings. The lowest BCUT2D eigenvalue weighted by Gasteiger charge is -2.37. The van der Waals surface area contributed by atoms with Crippen LogP contribution in [0.5, 0.6) is 0 Å². The number of rotatable bonds is 6. The molecule has 150 valence electrons. The summed E-state index contributed by atoms with van der Waals surface area (Å²) in [7, 11) is 1.85. The van der Waals surface area contributed by atoms with Gasteiger partial charge in [-0.25, -0.2) is 4.98 Å². The van der Waals surface area contributed by atoms with E-state index >= 15 is 0 Å². The molecule has 1 aliphatic heterocycles.